The second kappa shape index (κ2) is 4.41. The van der Waals surface area contributed by atoms with E-state index in [1.165, 1.54) is 12.4 Å². The molecular weight excluding hydrogens is 242 g/mol. The number of nitrogen functional groups attached to an aromatic ring is 1. The van der Waals surface area contributed by atoms with Crippen LogP contribution in [0.5, 0.6) is 0 Å². The van der Waals surface area contributed by atoms with E-state index in [-0.39, 0.29) is 5.91 Å². The van der Waals surface area contributed by atoms with E-state index in [1.54, 1.807) is 6.20 Å². The molecule has 0 atom stereocenters. The van der Waals surface area contributed by atoms with Gasteiger partial charge in [-0.1, -0.05) is 24.3 Å². The Morgan fingerprint density at radius 2 is 2.00 bits per heavy atom. The molecule has 4 N–H and O–H groups in total. The standard InChI is InChI=1S/C13H11N5O/c14-12-10-4-2-1-3-9(10)11(7-15-12)13(19)18-8-5-16-17-6-8/h1-7H,(H2,14,15)(H,16,17)(H,18,19). The third-order valence-corrected chi connectivity index (χ3v) is 2.83. The predicted octanol–water partition coefficient (Wildman–Crippen LogP) is 1.79. The van der Waals surface area contributed by atoms with Gasteiger partial charge in [-0.05, 0) is 5.39 Å². The minimum Gasteiger partial charge on any atom is -0.383 e. The van der Waals surface area contributed by atoms with Crippen LogP contribution in [-0.2, 0) is 0 Å². The lowest BCUT2D eigenvalue weighted by atomic mass is 10.1. The average Bonchev–Trinajstić information content (AvgIpc) is 2.92. The molecule has 3 aromatic rings. The molecule has 0 aliphatic heterocycles. The Hall–Kier alpha value is -2.89. The van der Waals surface area contributed by atoms with Crippen LogP contribution in [0.2, 0.25) is 0 Å². The fraction of sp³-hybridized carbons (Fsp3) is 0. The maximum Gasteiger partial charge on any atom is 0.257 e. The summed E-state index contributed by atoms with van der Waals surface area (Å²) in [5.41, 5.74) is 6.88. The molecule has 6 nitrogen and oxygen atoms in total. The largest absolute Gasteiger partial charge is 0.383 e. The molecule has 3 rings (SSSR count). The van der Waals surface area contributed by atoms with Gasteiger partial charge in [0.05, 0.1) is 17.4 Å². The number of nitrogens with one attached hydrogen (secondary N) is 2. The molecule has 2 heterocycles. The molecule has 0 unspecified atom stereocenters. The summed E-state index contributed by atoms with van der Waals surface area (Å²) in [6, 6.07) is 7.40. The minimum atomic E-state index is -0.245. The van der Waals surface area contributed by atoms with Crippen LogP contribution in [0.25, 0.3) is 10.8 Å². The lowest BCUT2D eigenvalue weighted by Crippen LogP contribution is -2.12. The zero-order valence-electron chi connectivity index (χ0n) is 9.92. The summed E-state index contributed by atoms with van der Waals surface area (Å²) in [5.74, 6) is 0.167. The van der Waals surface area contributed by atoms with Crippen molar-refractivity contribution in [2.24, 2.45) is 0 Å². The molecule has 0 saturated carbocycles. The molecule has 1 aromatic carbocycles. The van der Waals surface area contributed by atoms with Crippen molar-refractivity contribution in [3.05, 3.63) is 48.4 Å². The van der Waals surface area contributed by atoms with E-state index in [9.17, 15) is 4.79 Å². The highest BCUT2D eigenvalue weighted by molar-refractivity contribution is 6.13. The maximum atomic E-state index is 12.2. The summed E-state index contributed by atoms with van der Waals surface area (Å²) < 4.78 is 0. The molecule has 0 spiro atoms. The van der Waals surface area contributed by atoms with Gasteiger partial charge in [0.2, 0.25) is 0 Å². The molecule has 0 aliphatic carbocycles. The molecule has 0 aliphatic rings. The minimum absolute atomic E-state index is 0.245. The summed E-state index contributed by atoms with van der Waals surface area (Å²) in [4.78, 5) is 16.3. The van der Waals surface area contributed by atoms with Crippen LogP contribution in [0, 0.1) is 0 Å². The summed E-state index contributed by atoms with van der Waals surface area (Å²) >= 11 is 0. The number of hydrogen-bond acceptors (Lipinski definition) is 4. The maximum absolute atomic E-state index is 12.2. The average molecular weight is 253 g/mol. The first kappa shape index (κ1) is 11.2. The van der Waals surface area contributed by atoms with Crippen molar-refractivity contribution in [3.63, 3.8) is 0 Å². The van der Waals surface area contributed by atoms with Crippen molar-refractivity contribution in [2.45, 2.75) is 0 Å². The van der Waals surface area contributed by atoms with E-state index in [2.05, 4.69) is 20.5 Å². The molecule has 0 radical (unpaired) electrons. The van der Waals surface area contributed by atoms with Crippen molar-refractivity contribution < 1.29 is 4.79 Å². The first-order chi connectivity index (χ1) is 9.25. The quantitative estimate of drug-likeness (QED) is 0.648. The summed E-state index contributed by atoms with van der Waals surface area (Å²) in [6.45, 7) is 0. The van der Waals surface area contributed by atoms with E-state index in [0.29, 0.717) is 17.1 Å². The number of aromatic nitrogens is 3. The molecule has 94 valence electrons. The van der Waals surface area contributed by atoms with Gasteiger partial charge in [0.15, 0.2) is 0 Å². The third kappa shape index (κ3) is 1.99. The summed E-state index contributed by atoms with van der Waals surface area (Å²) in [6.07, 6.45) is 4.61. The Bertz CT molecular complexity index is 736. The number of fused-ring (bicyclic) bond motifs is 1. The van der Waals surface area contributed by atoms with Gasteiger partial charge in [-0.15, -0.1) is 0 Å². The van der Waals surface area contributed by atoms with Crippen LogP contribution >= 0.6 is 0 Å². The van der Waals surface area contributed by atoms with E-state index in [4.69, 9.17) is 5.73 Å². The van der Waals surface area contributed by atoms with Gasteiger partial charge in [0.1, 0.15) is 5.82 Å². The zero-order valence-corrected chi connectivity index (χ0v) is 9.92. The number of anilines is 2. The first-order valence-corrected chi connectivity index (χ1v) is 5.69. The second-order valence-electron chi connectivity index (χ2n) is 4.04. The SMILES string of the molecule is Nc1ncc(C(=O)Nc2cn[nH]c2)c2ccccc12. The van der Waals surface area contributed by atoms with E-state index in [0.717, 1.165) is 10.8 Å². The number of pyridine rings is 1. The van der Waals surface area contributed by atoms with Crippen LogP contribution in [0.15, 0.2) is 42.9 Å². The number of benzene rings is 1. The number of carbonyl (C=O) groups is 1. The van der Waals surface area contributed by atoms with Crippen molar-refractivity contribution in [1.29, 1.82) is 0 Å². The molecular formula is C13H11N5O. The fourth-order valence-corrected chi connectivity index (χ4v) is 1.91. The first-order valence-electron chi connectivity index (χ1n) is 5.69. The number of aromatic amines is 1. The van der Waals surface area contributed by atoms with Crippen molar-refractivity contribution in [2.75, 3.05) is 11.1 Å². The Morgan fingerprint density at radius 1 is 1.21 bits per heavy atom. The van der Waals surface area contributed by atoms with Crippen molar-refractivity contribution >= 4 is 28.2 Å². The highest BCUT2D eigenvalue weighted by atomic mass is 16.1. The molecule has 19 heavy (non-hydrogen) atoms. The van der Waals surface area contributed by atoms with E-state index >= 15 is 0 Å². The number of nitrogens with two attached hydrogens (primary N) is 1. The van der Waals surface area contributed by atoms with Crippen LogP contribution in [0.1, 0.15) is 10.4 Å². The number of rotatable bonds is 2. The Labute approximate surface area is 108 Å². The van der Waals surface area contributed by atoms with Crippen LogP contribution < -0.4 is 11.1 Å². The highest BCUT2D eigenvalue weighted by Crippen LogP contribution is 2.22. The number of nitrogens with zero attached hydrogens (tertiary/aromatic N) is 2. The molecule has 2 aromatic heterocycles. The van der Waals surface area contributed by atoms with Gasteiger partial charge in [0, 0.05) is 17.8 Å². The predicted molar refractivity (Wildman–Crippen MR) is 72.7 cm³/mol. The van der Waals surface area contributed by atoms with Gasteiger partial charge in [-0.2, -0.15) is 5.10 Å². The van der Waals surface area contributed by atoms with Crippen molar-refractivity contribution in [3.8, 4) is 0 Å². The van der Waals surface area contributed by atoms with Gasteiger partial charge < -0.3 is 11.1 Å². The lowest BCUT2D eigenvalue weighted by Gasteiger charge is -2.07. The Kier molecular flexibility index (Phi) is 2.60. The monoisotopic (exact) mass is 253 g/mol. The molecule has 1 amide bonds. The van der Waals surface area contributed by atoms with Crippen LogP contribution in [0.4, 0.5) is 11.5 Å². The van der Waals surface area contributed by atoms with E-state index in [1.807, 2.05) is 24.3 Å². The molecule has 0 bridgehead atoms. The second-order valence-corrected chi connectivity index (χ2v) is 4.04. The van der Waals surface area contributed by atoms with Gasteiger partial charge in [-0.3, -0.25) is 9.89 Å². The number of carbonyl (C=O) groups excluding carboxylic acids is 1. The topological polar surface area (TPSA) is 96.7 Å². The normalized spacial score (nSPS) is 10.5. The Balaban J connectivity index is 2.05. The van der Waals surface area contributed by atoms with Gasteiger partial charge >= 0.3 is 0 Å². The molecule has 0 fully saturated rings. The fourth-order valence-electron chi connectivity index (χ4n) is 1.91. The number of hydrogen-bond donors (Lipinski definition) is 3. The van der Waals surface area contributed by atoms with Gasteiger partial charge in [-0.25, -0.2) is 4.98 Å². The van der Waals surface area contributed by atoms with Crippen molar-refractivity contribution in [1.82, 2.24) is 15.2 Å². The number of H-pyrrole nitrogens is 1. The lowest BCUT2D eigenvalue weighted by molar-refractivity contribution is 0.102. The smallest absolute Gasteiger partial charge is 0.257 e. The highest BCUT2D eigenvalue weighted by Gasteiger charge is 2.12. The van der Waals surface area contributed by atoms with Crippen LogP contribution in [0.3, 0.4) is 0 Å². The van der Waals surface area contributed by atoms with E-state index < -0.39 is 0 Å². The van der Waals surface area contributed by atoms with Crippen LogP contribution in [-0.4, -0.2) is 21.1 Å². The molecule has 0 saturated heterocycles. The number of amides is 1. The Morgan fingerprint density at radius 3 is 2.74 bits per heavy atom. The third-order valence-electron chi connectivity index (χ3n) is 2.83. The molecule has 6 heteroatoms. The summed E-state index contributed by atoms with van der Waals surface area (Å²) in [7, 11) is 0. The van der Waals surface area contributed by atoms with Gasteiger partial charge in [0.25, 0.3) is 5.91 Å². The summed E-state index contributed by atoms with van der Waals surface area (Å²) in [5, 5.41) is 10.7. The zero-order chi connectivity index (χ0) is 13.2.